The van der Waals surface area contributed by atoms with Gasteiger partial charge in [-0.05, 0) is 24.3 Å². The first-order chi connectivity index (χ1) is 10.8. The summed E-state index contributed by atoms with van der Waals surface area (Å²) >= 11 is 0. The number of nitrogens with zero attached hydrogens (tertiary/aromatic N) is 2. The van der Waals surface area contributed by atoms with Gasteiger partial charge in [0.1, 0.15) is 5.69 Å². The van der Waals surface area contributed by atoms with E-state index < -0.39 is 11.7 Å². The van der Waals surface area contributed by atoms with Crippen LogP contribution in [0.3, 0.4) is 0 Å². The average molecular weight is 290 g/mol. The fraction of sp³-hybridized carbons (Fsp3) is 0. The summed E-state index contributed by atoms with van der Waals surface area (Å²) in [6.07, 6.45) is 3.33. The number of fused-ring (bicyclic) bond motifs is 1. The minimum absolute atomic E-state index is 0.256. The molecule has 0 aromatic carbocycles. The van der Waals surface area contributed by atoms with Crippen molar-refractivity contribution in [2.24, 2.45) is 0 Å². The Morgan fingerprint density at radius 2 is 1.50 bits per heavy atom. The first kappa shape index (κ1) is 12.5. The molecule has 1 aliphatic heterocycles. The van der Waals surface area contributed by atoms with E-state index in [9.17, 15) is 9.59 Å². The van der Waals surface area contributed by atoms with E-state index >= 15 is 0 Å². The topological polar surface area (TPSA) is 87.7 Å². The summed E-state index contributed by atoms with van der Waals surface area (Å²) in [5, 5.41) is 2.62. The van der Waals surface area contributed by atoms with Crippen LogP contribution in [0.1, 0.15) is 10.5 Å². The number of ketones is 1. The van der Waals surface area contributed by atoms with Gasteiger partial charge in [-0.3, -0.25) is 19.6 Å². The van der Waals surface area contributed by atoms with Gasteiger partial charge in [0.25, 0.3) is 11.7 Å². The van der Waals surface area contributed by atoms with Crippen molar-refractivity contribution in [1.29, 1.82) is 0 Å². The van der Waals surface area contributed by atoms with Gasteiger partial charge in [-0.1, -0.05) is 12.1 Å². The van der Waals surface area contributed by atoms with Crippen molar-refractivity contribution in [3.05, 3.63) is 54.5 Å². The number of rotatable bonds is 2. The molecule has 2 N–H and O–H groups in total. The van der Waals surface area contributed by atoms with Crippen LogP contribution in [-0.4, -0.2) is 26.6 Å². The third-order valence-corrected chi connectivity index (χ3v) is 3.51. The Balaban J connectivity index is 2.01. The monoisotopic (exact) mass is 290 g/mol. The maximum atomic E-state index is 11.9. The number of carbonyl (C=O) groups is 2. The lowest BCUT2D eigenvalue weighted by molar-refractivity contribution is -0.112. The van der Waals surface area contributed by atoms with Gasteiger partial charge >= 0.3 is 0 Å². The average Bonchev–Trinajstić information content (AvgIpc) is 3.06. The smallest absolute Gasteiger partial charge is 0.298 e. The van der Waals surface area contributed by atoms with E-state index in [1.54, 1.807) is 18.5 Å². The Morgan fingerprint density at radius 1 is 0.818 bits per heavy atom. The Bertz CT molecular complexity index is 885. The van der Waals surface area contributed by atoms with Crippen molar-refractivity contribution in [2.75, 3.05) is 5.32 Å². The summed E-state index contributed by atoms with van der Waals surface area (Å²) in [4.78, 5) is 35.2. The van der Waals surface area contributed by atoms with Crippen LogP contribution in [-0.2, 0) is 4.79 Å². The summed E-state index contributed by atoms with van der Waals surface area (Å²) in [6, 6.07) is 11.0. The van der Waals surface area contributed by atoms with Crippen LogP contribution < -0.4 is 5.32 Å². The standard InChI is InChI=1S/C16H10N4O2/c21-15-14-13(20-16(15)22)11(9-5-1-3-7-17-9)12(19-14)10-6-2-4-8-18-10/h1-8,19H,(H,20,21,22). The molecule has 3 aromatic rings. The number of pyridine rings is 2. The Morgan fingerprint density at radius 3 is 2.14 bits per heavy atom. The number of anilines is 1. The lowest BCUT2D eigenvalue weighted by atomic mass is 10.1. The van der Waals surface area contributed by atoms with Gasteiger partial charge in [0.05, 0.1) is 28.3 Å². The third kappa shape index (κ3) is 1.74. The van der Waals surface area contributed by atoms with Crippen LogP contribution in [0, 0.1) is 0 Å². The quantitative estimate of drug-likeness (QED) is 0.709. The summed E-state index contributed by atoms with van der Waals surface area (Å²) in [6.45, 7) is 0. The van der Waals surface area contributed by atoms with Crippen molar-refractivity contribution < 1.29 is 9.59 Å². The lowest BCUT2D eigenvalue weighted by Gasteiger charge is -2.06. The zero-order chi connectivity index (χ0) is 15.1. The van der Waals surface area contributed by atoms with Crippen molar-refractivity contribution in [2.45, 2.75) is 0 Å². The van der Waals surface area contributed by atoms with Crippen molar-refractivity contribution in [3.63, 3.8) is 0 Å². The molecule has 4 rings (SSSR count). The SMILES string of the molecule is O=C1Nc2c([nH]c(-c3ccccn3)c2-c2ccccn2)C1=O. The molecule has 6 heteroatoms. The highest BCUT2D eigenvalue weighted by molar-refractivity contribution is 6.52. The second-order valence-electron chi connectivity index (χ2n) is 4.84. The molecule has 1 amide bonds. The second-order valence-corrected chi connectivity index (χ2v) is 4.84. The Hall–Kier alpha value is -3.28. The predicted octanol–water partition coefficient (Wildman–Crippen LogP) is 2.27. The number of amides is 1. The van der Waals surface area contributed by atoms with Crippen LogP contribution >= 0.6 is 0 Å². The predicted molar refractivity (Wildman–Crippen MR) is 80.2 cm³/mol. The number of Topliss-reactive ketones (excluding diaryl/α,β-unsaturated/α-hetero) is 1. The first-order valence-electron chi connectivity index (χ1n) is 6.70. The molecule has 0 saturated carbocycles. The number of hydrogen-bond donors (Lipinski definition) is 2. The number of carbonyl (C=O) groups excluding carboxylic acids is 2. The highest BCUT2D eigenvalue weighted by atomic mass is 16.2. The number of aromatic amines is 1. The maximum absolute atomic E-state index is 11.9. The molecule has 0 spiro atoms. The molecule has 4 heterocycles. The lowest BCUT2D eigenvalue weighted by Crippen LogP contribution is -2.14. The zero-order valence-corrected chi connectivity index (χ0v) is 11.3. The molecule has 0 radical (unpaired) electrons. The molecule has 1 aliphatic rings. The number of aromatic nitrogens is 3. The van der Waals surface area contributed by atoms with E-state index in [1.165, 1.54) is 0 Å². The number of nitrogens with one attached hydrogen (secondary N) is 2. The molecule has 0 fully saturated rings. The number of H-pyrrole nitrogens is 1. The molecule has 0 aliphatic carbocycles. The summed E-state index contributed by atoms with van der Waals surface area (Å²) in [5.41, 5.74) is 3.40. The van der Waals surface area contributed by atoms with E-state index in [0.717, 1.165) is 0 Å². The molecule has 6 nitrogen and oxygen atoms in total. The minimum atomic E-state index is -0.633. The highest BCUT2D eigenvalue weighted by Crippen LogP contribution is 2.41. The first-order valence-corrected chi connectivity index (χ1v) is 6.70. The van der Waals surface area contributed by atoms with Crippen LogP contribution in [0.2, 0.25) is 0 Å². The van der Waals surface area contributed by atoms with Crippen LogP contribution in [0.4, 0.5) is 5.69 Å². The van der Waals surface area contributed by atoms with Gasteiger partial charge in [0.2, 0.25) is 0 Å². The molecule has 0 saturated heterocycles. The molecular weight excluding hydrogens is 280 g/mol. The molecule has 0 unspecified atom stereocenters. The van der Waals surface area contributed by atoms with Crippen molar-refractivity contribution in [3.8, 4) is 22.6 Å². The van der Waals surface area contributed by atoms with Gasteiger partial charge in [0, 0.05) is 12.4 Å². The van der Waals surface area contributed by atoms with E-state index in [1.807, 2.05) is 30.3 Å². The third-order valence-electron chi connectivity index (χ3n) is 3.51. The van der Waals surface area contributed by atoms with Crippen LogP contribution in [0.25, 0.3) is 22.6 Å². The van der Waals surface area contributed by atoms with Gasteiger partial charge in [0.15, 0.2) is 0 Å². The summed E-state index contributed by atoms with van der Waals surface area (Å²) in [5.74, 6) is -1.21. The van der Waals surface area contributed by atoms with Crippen molar-refractivity contribution in [1.82, 2.24) is 15.0 Å². The van der Waals surface area contributed by atoms with E-state index in [2.05, 4.69) is 20.3 Å². The zero-order valence-electron chi connectivity index (χ0n) is 11.3. The molecule has 0 bridgehead atoms. The Labute approximate surface area is 125 Å². The second kappa shape index (κ2) is 4.63. The fourth-order valence-corrected chi connectivity index (χ4v) is 2.55. The number of hydrogen-bond acceptors (Lipinski definition) is 4. The molecule has 22 heavy (non-hydrogen) atoms. The van der Waals surface area contributed by atoms with E-state index in [0.29, 0.717) is 28.3 Å². The normalized spacial score (nSPS) is 13.1. The van der Waals surface area contributed by atoms with Gasteiger partial charge in [-0.25, -0.2) is 0 Å². The molecular formula is C16H10N4O2. The molecule has 106 valence electrons. The largest absolute Gasteiger partial charge is 0.348 e. The van der Waals surface area contributed by atoms with Gasteiger partial charge < -0.3 is 10.3 Å². The van der Waals surface area contributed by atoms with E-state index in [-0.39, 0.29) is 5.69 Å². The fourth-order valence-electron chi connectivity index (χ4n) is 2.55. The Kier molecular flexibility index (Phi) is 2.62. The maximum Gasteiger partial charge on any atom is 0.298 e. The minimum Gasteiger partial charge on any atom is -0.348 e. The highest BCUT2D eigenvalue weighted by Gasteiger charge is 2.35. The summed E-state index contributed by atoms with van der Waals surface area (Å²) < 4.78 is 0. The van der Waals surface area contributed by atoms with Crippen LogP contribution in [0.15, 0.2) is 48.8 Å². The summed E-state index contributed by atoms with van der Waals surface area (Å²) in [7, 11) is 0. The van der Waals surface area contributed by atoms with Crippen LogP contribution in [0.5, 0.6) is 0 Å². The van der Waals surface area contributed by atoms with E-state index in [4.69, 9.17) is 0 Å². The van der Waals surface area contributed by atoms with Gasteiger partial charge in [-0.15, -0.1) is 0 Å². The molecule has 3 aromatic heterocycles. The van der Waals surface area contributed by atoms with Gasteiger partial charge in [-0.2, -0.15) is 0 Å². The molecule has 0 atom stereocenters. The van der Waals surface area contributed by atoms with Crippen molar-refractivity contribution >= 4 is 17.4 Å².